The molecule has 1 aliphatic heterocycles. The number of amides is 2. The lowest BCUT2D eigenvalue weighted by Gasteiger charge is -2.34. The number of carbonyl (C=O) groups is 2. The Bertz CT molecular complexity index is 710. The fraction of sp³-hybridized carbons (Fsp3) is 0.294. The van der Waals surface area contributed by atoms with Crippen LogP contribution in [0.25, 0.3) is 0 Å². The third kappa shape index (κ3) is 3.96. The molecule has 1 aromatic heterocycles. The lowest BCUT2D eigenvalue weighted by atomic mass is 10.2. The fourth-order valence-corrected chi connectivity index (χ4v) is 2.82. The van der Waals surface area contributed by atoms with Crippen LogP contribution in [0, 0.1) is 0 Å². The normalized spacial score (nSPS) is 15.3. The van der Waals surface area contributed by atoms with Gasteiger partial charge in [-0.25, -0.2) is 0 Å². The van der Waals surface area contributed by atoms with E-state index in [1.54, 1.807) is 23.1 Å². The van der Waals surface area contributed by atoms with Gasteiger partial charge in [0.25, 0.3) is 5.91 Å². The topological polar surface area (TPSA) is 65.8 Å². The smallest absolute Gasteiger partial charge is 0.257 e. The molecule has 1 aromatic carbocycles. The van der Waals surface area contributed by atoms with Crippen LogP contribution in [0.3, 0.4) is 0 Å². The summed E-state index contributed by atoms with van der Waals surface area (Å²) in [6.07, 6.45) is 2.94. The fourth-order valence-electron chi connectivity index (χ4n) is 2.63. The molecule has 0 atom stereocenters. The minimum absolute atomic E-state index is 0.0380. The highest BCUT2D eigenvalue weighted by Gasteiger charge is 2.23. The summed E-state index contributed by atoms with van der Waals surface area (Å²) in [7, 11) is 0. The minimum atomic E-state index is -0.113. The standard InChI is InChI=1S/C17H18ClN3O3/c18-14-3-1-2-4-15(14)19-16(22)11-20-6-8-21(9-7-20)17(23)13-5-10-24-12-13/h1-5,10,12H,6-9,11H2,(H,19,22). The maximum Gasteiger partial charge on any atom is 0.257 e. The third-order valence-electron chi connectivity index (χ3n) is 3.94. The van der Waals surface area contributed by atoms with Crippen molar-refractivity contribution in [1.82, 2.24) is 9.80 Å². The summed E-state index contributed by atoms with van der Waals surface area (Å²) in [5.41, 5.74) is 1.16. The van der Waals surface area contributed by atoms with Crippen LogP contribution in [0.2, 0.25) is 5.02 Å². The number of hydrogen-bond acceptors (Lipinski definition) is 4. The Hall–Kier alpha value is -2.31. The summed E-state index contributed by atoms with van der Waals surface area (Å²) in [5, 5.41) is 3.32. The number of anilines is 1. The number of benzene rings is 1. The first kappa shape index (κ1) is 16.5. The van der Waals surface area contributed by atoms with Gasteiger partial charge < -0.3 is 14.6 Å². The molecule has 3 rings (SSSR count). The summed E-state index contributed by atoms with van der Waals surface area (Å²) >= 11 is 6.03. The molecule has 0 spiro atoms. The zero-order valence-corrected chi connectivity index (χ0v) is 13.8. The molecule has 7 heteroatoms. The zero-order chi connectivity index (χ0) is 16.9. The highest BCUT2D eigenvalue weighted by molar-refractivity contribution is 6.33. The SMILES string of the molecule is O=C(CN1CCN(C(=O)c2ccoc2)CC1)Nc1ccccc1Cl. The summed E-state index contributed by atoms with van der Waals surface area (Å²) < 4.78 is 4.94. The lowest BCUT2D eigenvalue weighted by Crippen LogP contribution is -2.50. The van der Waals surface area contributed by atoms with E-state index < -0.39 is 0 Å². The molecule has 1 fully saturated rings. The van der Waals surface area contributed by atoms with Gasteiger partial charge in [0.1, 0.15) is 6.26 Å². The zero-order valence-electron chi connectivity index (χ0n) is 13.1. The maximum absolute atomic E-state index is 12.2. The van der Waals surface area contributed by atoms with Crippen molar-refractivity contribution in [3.63, 3.8) is 0 Å². The monoisotopic (exact) mass is 347 g/mol. The molecule has 2 heterocycles. The predicted octanol–water partition coefficient (Wildman–Crippen LogP) is 2.33. The molecule has 0 bridgehead atoms. The second-order valence-corrected chi connectivity index (χ2v) is 6.02. The van der Waals surface area contributed by atoms with E-state index in [0.29, 0.717) is 42.5 Å². The molecule has 0 aliphatic carbocycles. The van der Waals surface area contributed by atoms with Crippen LogP contribution in [-0.2, 0) is 4.79 Å². The van der Waals surface area contributed by atoms with Crippen LogP contribution in [-0.4, -0.2) is 54.3 Å². The second kappa shape index (κ2) is 7.51. The molecule has 1 saturated heterocycles. The molecule has 1 N–H and O–H groups in total. The molecule has 1 aliphatic rings. The van der Waals surface area contributed by atoms with E-state index in [1.807, 2.05) is 17.0 Å². The van der Waals surface area contributed by atoms with E-state index in [9.17, 15) is 9.59 Å². The number of piperazine rings is 1. The number of para-hydroxylation sites is 1. The van der Waals surface area contributed by atoms with Gasteiger partial charge in [-0.3, -0.25) is 14.5 Å². The van der Waals surface area contributed by atoms with E-state index >= 15 is 0 Å². The van der Waals surface area contributed by atoms with E-state index in [0.717, 1.165) is 0 Å². The van der Waals surface area contributed by atoms with Gasteiger partial charge in [-0.15, -0.1) is 0 Å². The Labute approximate surface area is 145 Å². The number of halogens is 1. The lowest BCUT2D eigenvalue weighted by molar-refractivity contribution is -0.117. The van der Waals surface area contributed by atoms with E-state index in [2.05, 4.69) is 5.32 Å². The Morgan fingerprint density at radius 1 is 1.12 bits per heavy atom. The molecule has 2 aromatic rings. The van der Waals surface area contributed by atoms with Crippen molar-refractivity contribution in [3.05, 3.63) is 53.4 Å². The molecular formula is C17H18ClN3O3. The number of furan rings is 1. The molecule has 0 saturated carbocycles. The first-order valence-corrected chi connectivity index (χ1v) is 8.09. The number of hydrogen-bond donors (Lipinski definition) is 1. The van der Waals surface area contributed by atoms with Crippen molar-refractivity contribution >= 4 is 29.1 Å². The largest absolute Gasteiger partial charge is 0.472 e. The number of carbonyl (C=O) groups excluding carboxylic acids is 2. The van der Waals surface area contributed by atoms with Crippen LogP contribution in [0.1, 0.15) is 10.4 Å². The number of rotatable bonds is 4. The van der Waals surface area contributed by atoms with Crippen LogP contribution in [0.15, 0.2) is 47.3 Å². The molecular weight excluding hydrogens is 330 g/mol. The van der Waals surface area contributed by atoms with Gasteiger partial charge in [-0.05, 0) is 18.2 Å². The Kier molecular flexibility index (Phi) is 5.17. The summed E-state index contributed by atoms with van der Waals surface area (Å²) in [6.45, 7) is 2.75. The third-order valence-corrected chi connectivity index (χ3v) is 4.27. The average molecular weight is 348 g/mol. The summed E-state index contributed by atoms with van der Waals surface area (Å²) in [4.78, 5) is 28.1. The van der Waals surface area contributed by atoms with Crippen molar-refractivity contribution in [3.8, 4) is 0 Å². The molecule has 24 heavy (non-hydrogen) atoms. The molecule has 2 amide bonds. The Balaban J connectivity index is 1.48. The van der Waals surface area contributed by atoms with Gasteiger partial charge in [0.15, 0.2) is 0 Å². The van der Waals surface area contributed by atoms with Crippen molar-refractivity contribution in [2.45, 2.75) is 0 Å². The summed E-state index contributed by atoms with van der Waals surface area (Å²) in [5.74, 6) is -0.151. The van der Waals surface area contributed by atoms with Gasteiger partial charge >= 0.3 is 0 Å². The van der Waals surface area contributed by atoms with E-state index in [1.165, 1.54) is 12.5 Å². The van der Waals surface area contributed by atoms with Gasteiger partial charge in [-0.1, -0.05) is 23.7 Å². The van der Waals surface area contributed by atoms with Crippen molar-refractivity contribution in [1.29, 1.82) is 0 Å². The van der Waals surface area contributed by atoms with Gasteiger partial charge in [0, 0.05) is 26.2 Å². The van der Waals surface area contributed by atoms with Gasteiger partial charge in [0.2, 0.25) is 5.91 Å². The molecule has 0 unspecified atom stereocenters. The highest BCUT2D eigenvalue weighted by atomic mass is 35.5. The van der Waals surface area contributed by atoms with Crippen molar-refractivity contribution in [2.24, 2.45) is 0 Å². The Morgan fingerprint density at radius 2 is 1.88 bits per heavy atom. The van der Waals surface area contributed by atoms with Crippen molar-refractivity contribution in [2.75, 3.05) is 38.0 Å². The maximum atomic E-state index is 12.2. The van der Waals surface area contributed by atoms with E-state index in [4.69, 9.17) is 16.0 Å². The number of nitrogens with one attached hydrogen (secondary N) is 1. The quantitative estimate of drug-likeness (QED) is 0.921. The highest BCUT2D eigenvalue weighted by Crippen LogP contribution is 2.20. The van der Waals surface area contributed by atoms with Gasteiger partial charge in [0.05, 0.1) is 29.1 Å². The number of nitrogens with zero attached hydrogens (tertiary/aromatic N) is 2. The van der Waals surface area contributed by atoms with E-state index in [-0.39, 0.29) is 18.4 Å². The van der Waals surface area contributed by atoms with Gasteiger partial charge in [-0.2, -0.15) is 0 Å². The predicted molar refractivity (Wildman–Crippen MR) is 91.1 cm³/mol. The average Bonchev–Trinajstić information content (AvgIpc) is 3.11. The van der Waals surface area contributed by atoms with Crippen molar-refractivity contribution < 1.29 is 14.0 Å². The Morgan fingerprint density at radius 3 is 2.54 bits per heavy atom. The second-order valence-electron chi connectivity index (χ2n) is 5.61. The van der Waals surface area contributed by atoms with Crippen LogP contribution in [0.4, 0.5) is 5.69 Å². The minimum Gasteiger partial charge on any atom is -0.472 e. The van der Waals surface area contributed by atoms with Crippen LogP contribution < -0.4 is 5.32 Å². The molecule has 0 radical (unpaired) electrons. The summed E-state index contributed by atoms with van der Waals surface area (Å²) in [6, 6.07) is 8.79. The first-order valence-electron chi connectivity index (χ1n) is 7.71. The van der Waals surface area contributed by atoms with Crippen LogP contribution in [0.5, 0.6) is 0 Å². The molecule has 6 nitrogen and oxygen atoms in total. The van der Waals surface area contributed by atoms with Crippen LogP contribution >= 0.6 is 11.6 Å². The first-order chi connectivity index (χ1) is 11.6. The molecule has 126 valence electrons.